The predicted molar refractivity (Wildman–Crippen MR) is 111 cm³/mol. The van der Waals surface area contributed by atoms with E-state index < -0.39 is 0 Å². The Labute approximate surface area is 170 Å². The van der Waals surface area contributed by atoms with E-state index in [1.54, 1.807) is 16.6 Å². The van der Waals surface area contributed by atoms with E-state index in [-0.39, 0.29) is 17.8 Å². The summed E-state index contributed by atoms with van der Waals surface area (Å²) in [5.74, 6) is -0.331. The second kappa shape index (κ2) is 7.93. The minimum atomic E-state index is -0.304. The van der Waals surface area contributed by atoms with E-state index in [4.69, 9.17) is 0 Å². The third kappa shape index (κ3) is 3.76. The summed E-state index contributed by atoms with van der Waals surface area (Å²) in [6, 6.07) is 8.92. The lowest BCUT2D eigenvalue weighted by Gasteiger charge is -2.27. The number of hydrogen-bond acceptors (Lipinski definition) is 3. The zero-order valence-corrected chi connectivity index (χ0v) is 17.3. The molecule has 4 rings (SSSR count). The molecule has 3 aromatic rings. The quantitative estimate of drug-likeness (QED) is 0.640. The van der Waals surface area contributed by atoms with Crippen molar-refractivity contribution in [1.82, 2.24) is 19.5 Å². The normalized spacial score (nSPS) is 17.5. The molecule has 1 fully saturated rings. The van der Waals surface area contributed by atoms with Gasteiger partial charge in [-0.1, -0.05) is 25.8 Å². The van der Waals surface area contributed by atoms with E-state index in [1.807, 2.05) is 30.9 Å². The number of hydrogen-bond donors (Lipinski definition) is 0. The first-order chi connectivity index (χ1) is 14.0. The Morgan fingerprint density at radius 3 is 2.79 bits per heavy atom. The molecule has 1 amide bonds. The van der Waals surface area contributed by atoms with Crippen molar-refractivity contribution in [2.24, 2.45) is 0 Å². The lowest BCUT2D eigenvalue weighted by Crippen LogP contribution is -2.38. The number of fused-ring (bicyclic) bond motifs is 1. The molecule has 1 unspecified atom stereocenters. The van der Waals surface area contributed by atoms with Gasteiger partial charge in [-0.2, -0.15) is 5.10 Å². The van der Waals surface area contributed by atoms with Crippen LogP contribution >= 0.6 is 0 Å². The van der Waals surface area contributed by atoms with Crippen LogP contribution in [-0.4, -0.2) is 38.0 Å². The Morgan fingerprint density at radius 1 is 1.21 bits per heavy atom. The number of likely N-dealkylation sites (tertiary alicyclic amines) is 1. The van der Waals surface area contributed by atoms with Crippen LogP contribution in [0.4, 0.5) is 4.39 Å². The second-order valence-corrected chi connectivity index (χ2v) is 7.97. The average Bonchev–Trinajstić information content (AvgIpc) is 3.01. The predicted octanol–water partition coefficient (Wildman–Crippen LogP) is 4.81. The number of nitrogens with zero attached hydrogens (tertiary/aromatic N) is 4. The number of amides is 1. The molecule has 2 aromatic heterocycles. The highest BCUT2D eigenvalue weighted by Crippen LogP contribution is 2.25. The van der Waals surface area contributed by atoms with E-state index in [0.29, 0.717) is 29.0 Å². The summed E-state index contributed by atoms with van der Waals surface area (Å²) in [5, 5.41) is 4.58. The van der Waals surface area contributed by atoms with Crippen LogP contribution < -0.4 is 0 Å². The van der Waals surface area contributed by atoms with E-state index in [2.05, 4.69) is 17.0 Å². The number of carbonyl (C=O) groups is 1. The minimum Gasteiger partial charge on any atom is -0.335 e. The number of halogens is 1. The van der Waals surface area contributed by atoms with Crippen molar-refractivity contribution < 1.29 is 9.18 Å². The fraction of sp³-hybridized carbons (Fsp3) is 0.435. The first-order valence-corrected chi connectivity index (χ1v) is 10.4. The molecule has 6 heteroatoms. The third-order valence-electron chi connectivity index (χ3n) is 5.80. The maximum absolute atomic E-state index is 14.4. The molecular weight excluding hydrogens is 367 g/mol. The van der Waals surface area contributed by atoms with Crippen LogP contribution in [0.5, 0.6) is 0 Å². The van der Waals surface area contributed by atoms with Crippen molar-refractivity contribution >= 4 is 11.6 Å². The topological polar surface area (TPSA) is 50.5 Å². The molecule has 1 atom stereocenters. The van der Waals surface area contributed by atoms with Gasteiger partial charge >= 0.3 is 0 Å². The number of rotatable bonds is 3. The van der Waals surface area contributed by atoms with Crippen LogP contribution in [0.1, 0.15) is 61.3 Å². The van der Waals surface area contributed by atoms with Crippen LogP contribution in [0.15, 0.2) is 30.3 Å². The van der Waals surface area contributed by atoms with Crippen molar-refractivity contribution in [2.75, 3.05) is 6.54 Å². The number of aromatic nitrogens is 3. The molecule has 1 aliphatic rings. The first kappa shape index (κ1) is 19.6. The Morgan fingerprint density at radius 2 is 2.03 bits per heavy atom. The molecule has 0 saturated carbocycles. The molecule has 1 aromatic carbocycles. The Kier molecular flexibility index (Phi) is 5.35. The van der Waals surface area contributed by atoms with Crippen molar-refractivity contribution in [2.45, 2.75) is 58.9 Å². The first-order valence-electron chi connectivity index (χ1n) is 10.4. The third-order valence-corrected chi connectivity index (χ3v) is 5.80. The lowest BCUT2D eigenvalue weighted by molar-refractivity contribution is 0.0692. The molecule has 1 aliphatic heterocycles. The summed E-state index contributed by atoms with van der Waals surface area (Å²) in [6.07, 6.45) is 5.08. The molecule has 0 spiro atoms. The monoisotopic (exact) mass is 394 g/mol. The molecule has 0 bridgehead atoms. The summed E-state index contributed by atoms with van der Waals surface area (Å²) in [5.41, 5.74) is 3.74. The molecule has 0 radical (unpaired) electrons. The van der Waals surface area contributed by atoms with Gasteiger partial charge in [-0.3, -0.25) is 4.79 Å². The van der Waals surface area contributed by atoms with Gasteiger partial charge in [-0.15, -0.1) is 0 Å². The van der Waals surface area contributed by atoms with Crippen LogP contribution in [0.25, 0.3) is 16.9 Å². The van der Waals surface area contributed by atoms with Crippen molar-refractivity contribution in [1.29, 1.82) is 0 Å². The Hall–Kier alpha value is -2.76. The smallest absolute Gasteiger partial charge is 0.272 e. The SMILES string of the molecule is CCc1cc(C(=O)N2CCCCCC2C)nc2cc(-c3ccc(C)cc3F)nn12. The van der Waals surface area contributed by atoms with E-state index >= 15 is 0 Å². The fourth-order valence-corrected chi connectivity index (χ4v) is 4.08. The number of aryl methyl sites for hydroxylation is 2. The van der Waals surface area contributed by atoms with Crippen LogP contribution in [0.2, 0.25) is 0 Å². The molecule has 0 aliphatic carbocycles. The van der Waals surface area contributed by atoms with Crippen LogP contribution in [0.3, 0.4) is 0 Å². The largest absolute Gasteiger partial charge is 0.335 e. The van der Waals surface area contributed by atoms with Gasteiger partial charge in [-0.05, 0) is 56.9 Å². The van der Waals surface area contributed by atoms with E-state index in [1.165, 1.54) is 6.07 Å². The summed E-state index contributed by atoms with van der Waals surface area (Å²) in [4.78, 5) is 19.8. The highest BCUT2D eigenvalue weighted by atomic mass is 19.1. The van der Waals surface area contributed by atoms with Gasteiger partial charge in [0, 0.05) is 29.9 Å². The summed E-state index contributed by atoms with van der Waals surface area (Å²) in [7, 11) is 0. The highest BCUT2D eigenvalue weighted by molar-refractivity contribution is 5.93. The molecule has 3 heterocycles. The van der Waals surface area contributed by atoms with Gasteiger partial charge in [0.1, 0.15) is 11.5 Å². The molecular formula is C23H27FN4O. The molecule has 5 nitrogen and oxygen atoms in total. The Bertz CT molecular complexity index is 1060. The maximum atomic E-state index is 14.4. The van der Waals surface area contributed by atoms with Crippen LogP contribution in [0, 0.1) is 12.7 Å². The van der Waals surface area contributed by atoms with Gasteiger partial charge < -0.3 is 4.90 Å². The van der Waals surface area contributed by atoms with E-state index in [0.717, 1.165) is 43.5 Å². The van der Waals surface area contributed by atoms with Crippen molar-refractivity contribution in [3.8, 4) is 11.3 Å². The lowest BCUT2D eigenvalue weighted by atomic mass is 10.1. The van der Waals surface area contributed by atoms with Gasteiger partial charge in [0.2, 0.25) is 0 Å². The molecule has 152 valence electrons. The van der Waals surface area contributed by atoms with Gasteiger partial charge in [0.25, 0.3) is 5.91 Å². The summed E-state index contributed by atoms with van der Waals surface area (Å²) < 4.78 is 16.2. The number of carbonyl (C=O) groups excluding carboxylic acids is 1. The second-order valence-electron chi connectivity index (χ2n) is 7.97. The van der Waals surface area contributed by atoms with Crippen molar-refractivity contribution in [3.63, 3.8) is 0 Å². The summed E-state index contributed by atoms with van der Waals surface area (Å²) in [6.45, 7) is 6.76. The Balaban J connectivity index is 1.76. The van der Waals surface area contributed by atoms with E-state index in [9.17, 15) is 9.18 Å². The van der Waals surface area contributed by atoms with Crippen LogP contribution in [-0.2, 0) is 6.42 Å². The summed E-state index contributed by atoms with van der Waals surface area (Å²) >= 11 is 0. The zero-order valence-electron chi connectivity index (χ0n) is 17.3. The zero-order chi connectivity index (χ0) is 20.5. The average molecular weight is 394 g/mol. The minimum absolute atomic E-state index is 0.0270. The van der Waals surface area contributed by atoms with Crippen molar-refractivity contribution in [3.05, 3.63) is 53.1 Å². The molecule has 0 N–H and O–H groups in total. The highest BCUT2D eigenvalue weighted by Gasteiger charge is 2.25. The van der Waals surface area contributed by atoms with Gasteiger partial charge in [-0.25, -0.2) is 13.9 Å². The van der Waals surface area contributed by atoms with Gasteiger partial charge in [0.05, 0.1) is 5.69 Å². The fourth-order valence-electron chi connectivity index (χ4n) is 4.08. The molecule has 1 saturated heterocycles. The standard InChI is InChI=1S/C23H27FN4O/c1-4-17-13-21(23(29)27-11-7-5-6-8-16(27)3)25-22-14-20(26-28(17)22)18-10-9-15(2)12-19(18)24/h9-10,12-14,16H,4-8,11H2,1-3H3. The number of benzene rings is 1. The van der Waals surface area contributed by atoms with Gasteiger partial charge in [0.15, 0.2) is 5.65 Å². The molecule has 29 heavy (non-hydrogen) atoms. The maximum Gasteiger partial charge on any atom is 0.272 e.